The van der Waals surface area contributed by atoms with E-state index in [4.69, 9.17) is 4.74 Å². The summed E-state index contributed by atoms with van der Waals surface area (Å²) < 4.78 is 18.1. The number of rotatable bonds is 2. The molecule has 3 nitrogen and oxygen atoms in total. The van der Waals surface area contributed by atoms with E-state index in [9.17, 15) is 14.3 Å². The standard InChI is InChI=1S/C13H9FO3/c14-10-6-2-4-8-12(10)17-13(16)9-5-1-3-7-11(9)15/h1-8,15H. The lowest BCUT2D eigenvalue weighted by atomic mass is 10.2. The summed E-state index contributed by atoms with van der Waals surface area (Å²) in [6.45, 7) is 0. The number of hydrogen-bond donors (Lipinski definition) is 1. The van der Waals surface area contributed by atoms with Crippen molar-refractivity contribution in [2.75, 3.05) is 0 Å². The second-order valence-electron chi connectivity index (χ2n) is 3.34. The van der Waals surface area contributed by atoms with Crippen molar-refractivity contribution in [1.82, 2.24) is 0 Å². The van der Waals surface area contributed by atoms with Gasteiger partial charge in [0.05, 0.1) is 0 Å². The minimum absolute atomic E-state index is 0.00393. The van der Waals surface area contributed by atoms with Gasteiger partial charge in [-0.1, -0.05) is 24.3 Å². The molecule has 0 amide bonds. The Morgan fingerprint density at radius 3 is 2.41 bits per heavy atom. The maximum atomic E-state index is 13.2. The van der Waals surface area contributed by atoms with Gasteiger partial charge in [0.15, 0.2) is 11.6 Å². The van der Waals surface area contributed by atoms with Crippen molar-refractivity contribution in [1.29, 1.82) is 0 Å². The first-order chi connectivity index (χ1) is 8.18. The number of halogens is 1. The number of hydrogen-bond acceptors (Lipinski definition) is 3. The Hall–Kier alpha value is -2.36. The van der Waals surface area contributed by atoms with Gasteiger partial charge in [-0.05, 0) is 24.3 Å². The average Bonchev–Trinajstić information content (AvgIpc) is 2.32. The number of phenolic OH excluding ortho intramolecular Hbond substituents is 1. The molecule has 2 rings (SSSR count). The topological polar surface area (TPSA) is 46.5 Å². The Kier molecular flexibility index (Phi) is 3.05. The molecule has 86 valence electrons. The van der Waals surface area contributed by atoms with Crippen LogP contribution in [0.15, 0.2) is 48.5 Å². The first-order valence-corrected chi connectivity index (χ1v) is 4.93. The van der Waals surface area contributed by atoms with Crippen molar-refractivity contribution in [3.63, 3.8) is 0 Å². The van der Waals surface area contributed by atoms with Crippen LogP contribution in [0.2, 0.25) is 0 Å². The van der Waals surface area contributed by atoms with Crippen LogP contribution < -0.4 is 4.74 Å². The molecule has 0 aromatic heterocycles. The van der Waals surface area contributed by atoms with Gasteiger partial charge in [0.1, 0.15) is 11.3 Å². The molecule has 1 N–H and O–H groups in total. The second kappa shape index (κ2) is 4.65. The fourth-order valence-electron chi connectivity index (χ4n) is 1.33. The maximum absolute atomic E-state index is 13.2. The van der Waals surface area contributed by atoms with Crippen LogP contribution in [0, 0.1) is 5.82 Å². The van der Waals surface area contributed by atoms with Crippen LogP contribution in [-0.4, -0.2) is 11.1 Å². The van der Waals surface area contributed by atoms with Crippen LogP contribution in [0.5, 0.6) is 11.5 Å². The number of benzene rings is 2. The molecule has 0 fully saturated rings. The second-order valence-corrected chi connectivity index (χ2v) is 3.34. The number of carbonyl (C=O) groups is 1. The summed E-state index contributed by atoms with van der Waals surface area (Å²) >= 11 is 0. The molecule has 4 heteroatoms. The fourth-order valence-corrected chi connectivity index (χ4v) is 1.33. The van der Waals surface area contributed by atoms with Gasteiger partial charge < -0.3 is 9.84 Å². The highest BCUT2D eigenvalue weighted by molar-refractivity contribution is 5.93. The van der Waals surface area contributed by atoms with Crippen LogP contribution in [0.4, 0.5) is 4.39 Å². The highest BCUT2D eigenvalue weighted by Gasteiger charge is 2.14. The first-order valence-electron chi connectivity index (χ1n) is 4.93. The highest BCUT2D eigenvalue weighted by Crippen LogP contribution is 2.21. The van der Waals surface area contributed by atoms with E-state index >= 15 is 0 Å². The average molecular weight is 232 g/mol. The minimum Gasteiger partial charge on any atom is -0.507 e. The summed E-state index contributed by atoms with van der Waals surface area (Å²) in [7, 11) is 0. The molecule has 0 atom stereocenters. The van der Waals surface area contributed by atoms with Crippen LogP contribution in [-0.2, 0) is 0 Å². The van der Waals surface area contributed by atoms with Gasteiger partial charge in [0.2, 0.25) is 0 Å². The van der Waals surface area contributed by atoms with Gasteiger partial charge in [-0.25, -0.2) is 9.18 Å². The lowest BCUT2D eigenvalue weighted by molar-refractivity contribution is 0.0725. The zero-order valence-corrected chi connectivity index (χ0v) is 8.76. The number of esters is 1. The third-order valence-electron chi connectivity index (χ3n) is 2.16. The molecule has 0 unspecified atom stereocenters. The van der Waals surface area contributed by atoms with E-state index in [2.05, 4.69) is 0 Å². The van der Waals surface area contributed by atoms with Gasteiger partial charge in [0, 0.05) is 0 Å². The Morgan fingerprint density at radius 2 is 1.71 bits per heavy atom. The van der Waals surface area contributed by atoms with Crippen molar-refractivity contribution in [3.05, 3.63) is 59.9 Å². The predicted octanol–water partition coefficient (Wildman–Crippen LogP) is 2.75. The van der Waals surface area contributed by atoms with Gasteiger partial charge in [0.25, 0.3) is 0 Å². The molecule has 0 bridgehead atoms. The number of carbonyl (C=O) groups excluding carboxylic acids is 1. The van der Waals surface area contributed by atoms with Crippen LogP contribution in [0.3, 0.4) is 0 Å². The van der Waals surface area contributed by atoms with Crippen molar-refractivity contribution >= 4 is 5.97 Å². The predicted molar refractivity (Wildman–Crippen MR) is 59.5 cm³/mol. The van der Waals surface area contributed by atoms with Crippen molar-refractivity contribution in [2.45, 2.75) is 0 Å². The van der Waals surface area contributed by atoms with Crippen LogP contribution >= 0.6 is 0 Å². The molecule has 0 saturated heterocycles. The molecule has 0 heterocycles. The Bertz CT molecular complexity index is 552. The van der Waals surface area contributed by atoms with Crippen molar-refractivity contribution in [3.8, 4) is 11.5 Å². The first kappa shape index (κ1) is 11.1. The van der Waals surface area contributed by atoms with E-state index in [0.717, 1.165) is 0 Å². The highest BCUT2D eigenvalue weighted by atomic mass is 19.1. The van der Waals surface area contributed by atoms with Crippen LogP contribution in [0.25, 0.3) is 0 Å². The normalized spacial score (nSPS) is 9.94. The number of aromatic hydroxyl groups is 1. The van der Waals surface area contributed by atoms with E-state index in [-0.39, 0.29) is 17.1 Å². The zero-order valence-electron chi connectivity index (χ0n) is 8.76. The summed E-state index contributed by atoms with van der Waals surface area (Å²) in [6.07, 6.45) is 0. The van der Waals surface area contributed by atoms with E-state index < -0.39 is 11.8 Å². The summed E-state index contributed by atoms with van der Waals surface area (Å²) in [5, 5.41) is 9.43. The molecule has 0 aliphatic heterocycles. The lowest BCUT2D eigenvalue weighted by Gasteiger charge is -2.06. The third kappa shape index (κ3) is 2.42. The molecule has 0 aliphatic carbocycles. The lowest BCUT2D eigenvalue weighted by Crippen LogP contribution is -2.09. The quantitative estimate of drug-likeness (QED) is 0.639. The van der Waals surface area contributed by atoms with E-state index in [1.807, 2.05) is 0 Å². The maximum Gasteiger partial charge on any atom is 0.347 e. The largest absolute Gasteiger partial charge is 0.507 e. The zero-order chi connectivity index (χ0) is 12.3. The van der Waals surface area contributed by atoms with Gasteiger partial charge in [-0.2, -0.15) is 0 Å². The molecule has 0 spiro atoms. The Labute approximate surface area is 97.1 Å². The number of ether oxygens (including phenoxy) is 1. The SMILES string of the molecule is O=C(Oc1ccccc1F)c1ccccc1O. The van der Waals surface area contributed by atoms with E-state index in [1.54, 1.807) is 18.2 Å². The molecule has 0 radical (unpaired) electrons. The number of phenols is 1. The summed E-state index contributed by atoms with van der Waals surface area (Å²) in [5.41, 5.74) is -0.00393. The summed E-state index contributed by atoms with van der Waals surface area (Å²) in [6, 6.07) is 11.5. The van der Waals surface area contributed by atoms with E-state index in [1.165, 1.54) is 30.3 Å². The van der Waals surface area contributed by atoms with Crippen LogP contribution in [0.1, 0.15) is 10.4 Å². The molecular weight excluding hydrogens is 223 g/mol. The van der Waals surface area contributed by atoms with Gasteiger partial charge in [-0.15, -0.1) is 0 Å². The molecular formula is C13H9FO3. The molecule has 0 aliphatic rings. The monoisotopic (exact) mass is 232 g/mol. The summed E-state index contributed by atoms with van der Waals surface area (Å²) in [5.74, 6) is -1.79. The van der Waals surface area contributed by atoms with Crippen molar-refractivity contribution < 1.29 is 19.0 Å². The Morgan fingerprint density at radius 1 is 1.06 bits per heavy atom. The molecule has 17 heavy (non-hydrogen) atoms. The molecule has 2 aromatic carbocycles. The molecule has 0 saturated carbocycles. The fraction of sp³-hybridized carbons (Fsp3) is 0. The number of para-hydroxylation sites is 2. The van der Waals surface area contributed by atoms with Gasteiger partial charge >= 0.3 is 5.97 Å². The minimum atomic E-state index is -0.798. The van der Waals surface area contributed by atoms with E-state index in [0.29, 0.717) is 0 Å². The molecule has 2 aromatic rings. The van der Waals surface area contributed by atoms with Crippen molar-refractivity contribution in [2.24, 2.45) is 0 Å². The van der Waals surface area contributed by atoms with Gasteiger partial charge in [-0.3, -0.25) is 0 Å². The smallest absolute Gasteiger partial charge is 0.347 e. The summed E-state index contributed by atoms with van der Waals surface area (Å²) in [4.78, 5) is 11.6. The third-order valence-corrected chi connectivity index (χ3v) is 2.16. The Balaban J connectivity index is 2.24.